The molecule has 0 radical (unpaired) electrons. The van der Waals surface area contributed by atoms with Crippen molar-refractivity contribution >= 4 is 35.1 Å². The standard InChI is InChI=1S/C41H52N4O7/c1-6-26(4)31(25-46)45-37-39(49)44(30-20-18-29(19-21-30)43(7-2)8-3)24-14-10-13-17-33(47)42-27(5)36(28-15-11-9-12-16-28)51-40(50)34-32-22-23-41(37,52-32)35(34)38(45)48/h9-12,14-16,18-23,26-27,31-32,34-37,46H,6-8,13,17,24-25H2,1-5H3,(H,42,47)/b14-10-/t26-,27+,31-,32-,34+,35+,36-,37-,41+/m0/s1. The van der Waals surface area contributed by atoms with Crippen LogP contribution in [0.5, 0.6) is 0 Å². The van der Waals surface area contributed by atoms with Gasteiger partial charge in [-0.15, -0.1) is 0 Å². The zero-order valence-corrected chi connectivity index (χ0v) is 30.8. The summed E-state index contributed by atoms with van der Waals surface area (Å²) in [4.78, 5) is 63.0. The van der Waals surface area contributed by atoms with Gasteiger partial charge in [0.15, 0.2) is 0 Å². The molecule has 3 amide bonds. The summed E-state index contributed by atoms with van der Waals surface area (Å²) in [7, 11) is 0. The van der Waals surface area contributed by atoms with Crippen LogP contribution in [0.15, 0.2) is 78.9 Å². The van der Waals surface area contributed by atoms with Gasteiger partial charge in [0.2, 0.25) is 11.8 Å². The van der Waals surface area contributed by atoms with Crippen LogP contribution in [0.3, 0.4) is 0 Å². The fourth-order valence-corrected chi connectivity index (χ4v) is 8.45. The number of esters is 1. The lowest BCUT2D eigenvalue weighted by Crippen LogP contribution is -2.59. The third kappa shape index (κ3) is 6.65. The number of hydrogen-bond donors (Lipinski definition) is 2. The van der Waals surface area contributed by atoms with Gasteiger partial charge in [-0.2, -0.15) is 0 Å². The van der Waals surface area contributed by atoms with Gasteiger partial charge in [-0.05, 0) is 62.9 Å². The van der Waals surface area contributed by atoms with Crippen LogP contribution in [0.2, 0.25) is 0 Å². The third-order valence-electron chi connectivity index (χ3n) is 11.4. The Morgan fingerprint density at radius 3 is 2.35 bits per heavy atom. The summed E-state index contributed by atoms with van der Waals surface area (Å²) in [6, 6.07) is 14.5. The maximum absolute atomic E-state index is 15.3. The molecule has 0 saturated carbocycles. The Labute approximate surface area is 306 Å². The summed E-state index contributed by atoms with van der Waals surface area (Å²) in [6.45, 7) is 11.4. The first-order valence-corrected chi connectivity index (χ1v) is 18.8. The van der Waals surface area contributed by atoms with Gasteiger partial charge in [-0.1, -0.05) is 74.9 Å². The number of nitrogens with zero attached hydrogens (tertiary/aromatic N) is 3. The highest BCUT2D eigenvalue weighted by Crippen LogP contribution is 2.57. The summed E-state index contributed by atoms with van der Waals surface area (Å²) < 4.78 is 12.9. The van der Waals surface area contributed by atoms with Crippen molar-refractivity contribution in [1.82, 2.24) is 10.2 Å². The van der Waals surface area contributed by atoms with Crippen LogP contribution in [-0.4, -0.2) is 89.8 Å². The molecule has 4 heterocycles. The van der Waals surface area contributed by atoms with Crippen molar-refractivity contribution in [2.75, 3.05) is 36.0 Å². The maximum atomic E-state index is 15.3. The van der Waals surface area contributed by atoms with Crippen LogP contribution >= 0.6 is 0 Å². The number of fused-ring (bicyclic) bond motifs is 2. The summed E-state index contributed by atoms with van der Waals surface area (Å²) in [6.07, 6.45) is 6.93. The van der Waals surface area contributed by atoms with E-state index in [9.17, 15) is 19.5 Å². The Hall–Kier alpha value is -4.48. The number of amides is 3. The predicted octanol–water partition coefficient (Wildman–Crippen LogP) is 4.56. The number of hydrogen-bond acceptors (Lipinski definition) is 8. The van der Waals surface area contributed by atoms with Crippen LogP contribution in [0.1, 0.15) is 65.5 Å². The molecule has 2 fully saturated rings. The highest BCUT2D eigenvalue weighted by molar-refractivity contribution is 6.05. The predicted molar refractivity (Wildman–Crippen MR) is 198 cm³/mol. The molecule has 52 heavy (non-hydrogen) atoms. The van der Waals surface area contributed by atoms with Gasteiger partial charge < -0.3 is 34.6 Å². The molecule has 0 aromatic heterocycles. The SMILES string of the molecule is CC[C@H](C)[C@H](CO)N1C(=O)[C@H]2[C@@H]3C(=O)O[C@H](c4ccccc4)[C@@H](C)NC(=O)CC/C=C\CN(c4ccc(N(CC)CC)cc4)C(=O)[C@H]1[C@@]21C=C[C@@H]3O1. The smallest absolute Gasteiger partial charge is 0.313 e. The Morgan fingerprint density at radius 2 is 1.69 bits per heavy atom. The molecule has 0 unspecified atom stereocenters. The number of allylic oxidation sites excluding steroid dienone is 1. The molecule has 4 aliphatic rings. The average Bonchev–Trinajstić information content (AvgIpc) is 3.80. The quantitative estimate of drug-likeness (QED) is 0.286. The van der Waals surface area contributed by atoms with Gasteiger partial charge in [0, 0.05) is 37.4 Å². The molecule has 2 N–H and O–H groups in total. The highest BCUT2D eigenvalue weighted by atomic mass is 16.6. The lowest BCUT2D eigenvalue weighted by atomic mass is 9.74. The second-order valence-corrected chi connectivity index (χ2v) is 14.4. The van der Waals surface area contributed by atoms with E-state index >= 15 is 4.79 Å². The van der Waals surface area contributed by atoms with Gasteiger partial charge in [0.25, 0.3) is 5.91 Å². The number of benzene rings is 2. The molecule has 2 saturated heterocycles. The summed E-state index contributed by atoms with van der Waals surface area (Å²) in [5.41, 5.74) is 0.891. The van der Waals surface area contributed by atoms with Crippen molar-refractivity contribution in [3.05, 3.63) is 84.5 Å². The number of ether oxygens (including phenoxy) is 2. The van der Waals surface area contributed by atoms with E-state index < -0.39 is 59.6 Å². The number of carbonyl (C=O) groups is 4. The molecule has 4 aliphatic heterocycles. The van der Waals surface area contributed by atoms with Crippen molar-refractivity contribution in [1.29, 1.82) is 0 Å². The summed E-state index contributed by atoms with van der Waals surface area (Å²) >= 11 is 0. The number of nitrogens with one attached hydrogen (secondary N) is 1. The molecular formula is C41H52N4O7. The van der Waals surface area contributed by atoms with E-state index in [-0.39, 0.29) is 37.3 Å². The molecular weight excluding hydrogens is 660 g/mol. The number of carbonyl (C=O) groups excluding carboxylic acids is 4. The van der Waals surface area contributed by atoms with E-state index in [4.69, 9.17) is 9.47 Å². The van der Waals surface area contributed by atoms with Crippen LogP contribution in [0, 0.1) is 17.8 Å². The molecule has 11 nitrogen and oxygen atoms in total. The number of aliphatic hydroxyl groups is 1. The van der Waals surface area contributed by atoms with E-state index in [1.54, 1.807) is 24.0 Å². The first-order valence-electron chi connectivity index (χ1n) is 18.8. The topological polar surface area (TPSA) is 129 Å². The number of cyclic esters (lactones) is 1. The second kappa shape index (κ2) is 15.6. The largest absolute Gasteiger partial charge is 0.455 e. The molecule has 6 rings (SSSR count). The molecule has 2 aromatic rings. The Morgan fingerprint density at radius 1 is 0.981 bits per heavy atom. The Balaban J connectivity index is 1.47. The molecule has 5 bridgehead atoms. The van der Waals surface area contributed by atoms with Gasteiger partial charge in [-0.3, -0.25) is 19.2 Å². The number of aliphatic hydroxyl groups excluding tert-OH is 1. The fraction of sp³-hybridized carbons (Fsp3) is 0.512. The van der Waals surface area contributed by atoms with Crippen LogP contribution < -0.4 is 15.1 Å². The fourth-order valence-electron chi connectivity index (χ4n) is 8.45. The van der Waals surface area contributed by atoms with E-state index in [0.29, 0.717) is 24.1 Å². The van der Waals surface area contributed by atoms with E-state index in [2.05, 4.69) is 24.1 Å². The Kier molecular flexibility index (Phi) is 11.2. The van der Waals surface area contributed by atoms with Crippen LogP contribution in [0.4, 0.5) is 11.4 Å². The first-order chi connectivity index (χ1) is 25.1. The number of rotatable bonds is 9. The van der Waals surface area contributed by atoms with Crippen molar-refractivity contribution in [2.45, 2.75) is 89.8 Å². The summed E-state index contributed by atoms with van der Waals surface area (Å²) in [5, 5.41) is 13.8. The minimum Gasteiger partial charge on any atom is -0.455 e. The van der Waals surface area contributed by atoms with Gasteiger partial charge >= 0.3 is 5.97 Å². The molecule has 278 valence electrons. The van der Waals surface area contributed by atoms with Crippen molar-refractivity contribution < 1.29 is 33.8 Å². The zero-order valence-electron chi connectivity index (χ0n) is 30.8. The minimum absolute atomic E-state index is 0.155. The zero-order chi connectivity index (χ0) is 37.2. The lowest BCUT2D eigenvalue weighted by Gasteiger charge is -2.40. The van der Waals surface area contributed by atoms with Gasteiger partial charge in [0.05, 0.1) is 30.7 Å². The van der Waals surface area contributed by atoms with Crippen molar-refractivity contribution in [2.24, 2.45) is 17.8 Å². The second-order valence-electron chi connectivity index (χ2n) is 14.4. The van der Waals surface area contributed by atoms with Gasteiger partial charge in [-0.25, -0.2) is 0 Å². The lowest BCUT2D eigenvalue weighted by molar-refractivity contribution is -0.161. The van der Waals surface area contributed by atoms with Gasteiger partial charge in [0.1, 0.15) is 23.7 Å². The van der Waals surface area contributed by atoms with Crippen LogP contribution in [0.25, 0.3) is 0 Å². The van der Waals surface area contributed by atoms with E-state index in [1.165, 1.54) is 4.90 Å². The van der Waals surface area contributed by atoms with Crippen molar-refractivity contribution in [3.8, 4) is 0 Å². The third-order valence-corrected chi connectivity index (χ3v) is 11.4. The maximum Gasteiger partial charge on any atom is 0.313 e. The number of anilines is 2. The molecule has 2 aromatic carbocycles. The number of likely N-dealkylation sites (tertiary alicyclic amines) is 1. The molecule has 1 spiro atoms. The van der Waals surface area contributed by atoms with E-state index in [1.807, 2.05) is 80.6 Å². The Bertz CT molecular complexity index is 1680. The molecule has 11 heteroatoms. The first kappa shape index (κ1) is 37.3. The highest BCUT2D eigenvalue weighted by Gasteiger charge is 2.74. The average molecular weight is 713 g/mol. The van der Waals surface area contributed by atoms with Crippen molar-refractivity contribution in [3.63, 3.8) is 0 Å². The molecule has 9 atom stereocenters. The minimum atomic E-state index is -1.46. The van der Waals surface area contributed by atoms with E-state index in [0.717, 1.165) is 18.8 Å². The molecule has 0 aliphatic carbocycles. The normalized spacial score (nSPS) is 30.9. The summed E-state index contributed by atoms with van der Waals surface area (Å²) in [5.74, 6) is -3.89. The monoisotopic (exact) mass is 712 g/mol. The van der Waals surface area contributed by atoms with Crippen LogP contribution in [-0.2, 0) is 28.7 Å².